The van der Waals surface area contributed by atoms with Gasteiger partial charge in [-0.05, 0) is 32.3 Å². The number of Topliss-reactive ketones (excluding diaryl/α,β-unsaturated/α-hetero) is 1. The van der Waals surface area contributed by atoms with Crippen molar-refractivity contribution in [1.29, 1.82) is 0 Å². The number of ether oxygens (including phenoxy) is 2. The molecule has 0 bridgehead atoms. The van der Waals surface area contributed by atoms with E-state index in [0.717, 1.165) is 0 Å². The van der Waals surface area contributed by atoms with Crippen molar-refractivity contribution in [2.45, 2.75) is 33.1 Å². The number of esters is 2. The average Bonchev–Trinajstić information content (AvgIpc) is 2.67. The summed E-state index contributed by atoms with van der Waals surface area (Å²) >= 11 is 0. The number of hydrogen-bond donors (Lipinski definition) is 1. The summed E-state index contributed by atoms with van der Waals surface area (Å²) in [6.07, 6.45) is 0.402. The number of benzene rings is 1. The van der Waals surface area contributed by atoms with Crippen LogP contribution in [0, 0.1) is 17.7 Å². The summed E-state index contributed by atoms with van der Waals surface area (Å²) in [7, 11) is 1.23. The van der Waals surface area contributed by atoms with Crippen molar-refractivity contribution in [1.82, 2.24) is 5.32 Å². The summed E-state index contributed by atoms with van der Waals surface area (Å²) in [5.41, 5.74) is 1.68. The highest BCUT2D eigenvalue weighted by molar-refractivity contribution is 6.12. The van der Waals surface area contributed by atoms with Crippen LogP contribution in [0.4, 0.5) is 4.39 Å². The van der Waals surface area contributed by atoms with Crippen LogP contribution in [0.5, 0.6) is 0 Å². The first kappa shape index (κ1) is 20.8. The Morgan fingerprint density at radius 3 is 2.59 bits per heavy atom. The SMILES string of the molecule is CCOC(=O)C1=C(C)NC2=C(C(=O)[C@H](C(=O)OC)[C@H](C)C2)[C@H]1c1ccccc1F. The summed E-state index contributed by atoms with van der Waals surface area (Å²) in [6, 6.07) is 6.01. The van der Waals surface area contributed by atoms with Crippen LogP contribution in [-0.2, 0) is 23.9 Å². The van der Waals surface area contributed by atoms with Crippen LogP contribution in [0.25, 0.3) is 0 Å². The number of ketones is 1. The highest BCUT2D eigenvalue weighted by Gasteiger charge is 2.47. The zero-order valence-corrected chi connectivity index (χ0v) is 16.9. The Balaban J connectivity index is 2.21. The molecule has 7 heteroatoms. The molecule has 0 spiro atoms. The van der Waals surface area contributed by atoms with Crippen LogP contribution < -0.4 is 5.32 Å². The molecule has 1 aliphatic heterocycles. The first-order valence-electron chi connectivity index (χ1n) is 9.56. The van der Waals surface area contributed by atoms with Gasteiger partial charge < -0.3 is 14.8 Å². The number of hydrogen-bond acceptors (Lipinski definition) is 6. The topological polar surface area (TPSA) is 81.7 Å². The number of allylic oxidation sites excluding steroid dienone is 3. The molecule has 0 amide bonds. The van der Waals surface area contributed by atoms with Crippen molar-refractivity contribution in [2.24, 2.45) is 11.8 Å². The summed E-state index contributed by atoms with van der Waals surface area (Å²) in [6.45, 7) is 5.31. The van der Waals surface area contributed by atoms with Gasteiger partial charge in [0.15, 0.2) is 5.78 Å². The fourth-order valence-electron chi connectivity index (χ4n) is 4.18. The molecule has 1 heterocycles. The quantitative estimate of drug-likeness (QED) is 0.617. The van der Waals surface area contributed by atoms with Gasteiger partial charge in [0.25, 0.3) is 0 Å². The third-order valence-electron chi connectivity index (χ3n) is 5.45. The predicted molar refractivity (Wildman–Crippen MR) is 103 cm³/mol. The van der Waals surface area contributed by atoms with Crippen molar-refractivity contribution < 1.29 is 28.2 Å². The van der Waals surface area contributed by atoms with E-state index in [1.165, 1.54) is 19.2 Å². The molecule has 0 radical (unpaired) electrons. The molecule has 1 aromatic rings. The molecule has 3 rings (SSSR count). The Hall–Kier alpha value is -2.96. The molecule has 1 aliphatic carbocycles. The highest BCUT2D eigenvalue weighted by atomic mass is 19.1. The Morgan fingerprint density at radius 1 is 1.28 bits per heavy atom. The van der Waals surface area contributed by atoms with Gasteiger partial charge in [0, 0.05) is 22.5 Å². The van der Waals surface area contributed by atoms with Crippen molar-refractivity contribution in [2.75, 3.05) is 13.7 Å². The minimum atomic E-state index is -1.00. The van der Waals surface area contributed by atoms with Crippen molar-refractivity contribution >= 4 is 17.7 Å². The first-order valence-corrected chi connectivity index (χ1v) is 9.56. The fourth-order valence-corrected chi connectivity index (χ4v) is 4.18. The van der Waals surface area contributed by atoms with E-state index in [-0.39, 0.29) is 29.2 Å². The molecule has 2 aliphatic rings. The maximum atomic E-state index is 14.8. The molecule has 1 N–H and O–H groups in total. The Kier molecular flexibility index (Phi) is 5.86. The zero-order chi connectivity index (χ0) is 21.3. The summed E-state index contributed by atoms with van der Waals surface area (Å²) in [4.78, 5) is 38.4. The molecule has 0 saturated heterocycles. The van der Waals surface area contributed by atoms with E-state index in [1.54, 1.807) is 32.9 Å². The molecule has 0 aromatic heterocycles. The molecule has 154 valence electrons. The molecule has 1 aromatic carbocycles. The second kappa shape index (κ2) is 8.19. The van der Waals surface area contributed by atoms with Gasteiger partial charge in [-0.3, -0.25) is 9.59 Å². The van der Waals surface area contributed by atoms with Gasteiger partial charge in [-0.2, -0.15) is 0 Å². The number of carbonyl (C=O) groups is 3. The standard InChI is InChI=1S/C22H24FNO5/c1-5-29-22(27)17-12(3)24-15-10-11(2)16(21(26)28-4)20(25)19(15)18(17)13-8-6-7-9-14(13)23/h6-9,11,16,18,24H,5,10H2,1-4H3/t11-,16-,18+/m1/s1. The predicted octanol–water partition coefficient (Wildman–Crippen LogP) is 3.00. The van der Waals surface area contributed by atoms with Gasteiger partial charge >= 0.3 is 11.9 Å². The van der Waals surface area contributed by atoms with Crippen LogP contribution in [0.1, 0.15) is 38.7 Å². The molecule has 0 unspecified atom stereocenters. The lowest BCUT2D eigenvalue weighted by Gasteiger charge is -2.38. The van der Waals surface area contributed by atoms with E-state index in [0.29, 0.717) is 17.8 Å². The van der Waals surface area contributed by atoms with Gasteiger partial charge in [0.1, 0.15) is 11.7 Å². The number of methoxy groups -OCH3 is 1. The van der Waals surface area contributed by atoms with Gasteiger partial charge in [0.2, 0.25) is 0 Å². The maximum absolute atomic E-state index is 14.8. The van der Waals surface area contributed by atoms with E-state index in [1.807, 2.05) is 0 Å². The molecular formula is C22H24FNO5. The van der Waals surface area contributed by atoms with Crippen LogP contribution in [0.2, 0.25) is 0 Å². The average molecular weight is 401 g/mol. The molecule has 29 heavy (non-hydrogen) atoms. The first-order chi connectivity index (χ1) is 13.8. The van der Waals surface area contributed by atoms with E-state index < -0.39 is 35.4 Å². The van der Waals surface area contributed by atoms with E-state index in [2.05, 4.69) is 5.32 Å². The monoisotopic (exact) mass is 401 g/mol. The molecule has 3 atom stereocenters. The summed E-state index contributed by atoms with van der Waals surface area (Å²) in [5, 5.41) is 3.13. The van der Waals surface area contributed by atoms with Crippen LogP contribution >= 0.6 is 0 Å². The minimum absolute atomic E-state index is 0.140. The van der Waals surface area contributed by atoms with Crippen LogP contribution in [-0.4, -0.2) is 31.4 Å². The van der Waals surface area contributed by atoms with Crippen LogP contribution in [0.15, 0.2) is 46.8 Å². The second-order valence-corrected chi connectivity index (χ2v) is 7.28. The number of halogens is 1. The summed E-state index contributed by atoms with van der Waals surface area (Å²) in [5.74, 6) is -4.51. The third-order valence-corrected chi connectivity index (χ3v) is 5.45. The smallest absolute Gasteiger partial charge is 0.336 e. The van der Waals surface area contributed by atoms with Crippen molar-refractivity contribution in [3.63, 3.8) is 0 Å². The van der Waals surface area contributed by atoms with Gasteiger partial charge in [-0.25, -0.2) is 9.18 Å². The van der Waals surface area contributed by atoms with Crippen LogP contribution in [0.3, 0.4) is 0 Å². The number of carbonyl (C=O) groups excluding carboxylic acids is 3. The lowest BCUT2D eigenvalue weighted by Crippen LogP contribution is -2.43. The normalized spacial score (nSPS) is 24.0. The number of dihydropyridines is 1. The Morgan fingerprint density at radius 2 is 1.97 bits per heavy atom. The third kappa shape index (κ3) is 3.57. The zero-order valence-electron chi connectivity index (χ0n) is 16.9. The van der Waals surface area contributed by atoms with Crippen molar-refractivity contribution in [3.8, 4) is 0 Å². The second-order valence-electron chi connectivity index (χ2n) is 7.28. The summed E-state index contributed by atoms with van der Waals surface area (Å²) < 4.78 is 24.8. The molecule has 6 nitrogen and oxygen atoms in total. The number of nitrogens with one attached hydrogen (secondary N) is 1. The Labute approximate surface area is 168 Å². The lowest BCUT2D eigenvalue weighted by atomic mass is 9.69. The van der Waals surface area contributed by atoms with E-state index >= 15 is 0 Å². The molecule has 0 fully saturated rings. The fraction of sp³-hybridized carbons (Fsp3) is 0.409. The largest absolute Gasteiger partial charge is 0.468 e. The van der Waals surface area contributed by atoms with Gasteiger partial charge in [-0.15, -0.1) is 0 Å². The minimum Gasteiger partial charge on any atom is -0.468 e. The highest BCUT2D eigenvalue weighted by Crippen LogP contribution is 2.45. The molecular weight excluding hydrogens is 377 g/mol. The van der Waals surface area contributed by atoms with Gasteiger partial charge in [0.05, 0.1) is 25.2 Å². The van der Waals surface area contributed by atoms with Gasteiger partial charge in [-0.1, -0.05) is 25.1 Å². The number of rotatable bonds is 4. The van der Waals surface area contributed by atoms with Crippen molar-refractivity contribution in [3.05, 3.63) is 58.2 Å². The van der Waals surface area contributed by atoms with E-state index in [4.69, 9.17) is 9.47 Å². The van der Waals surface area contributed by atoms with E-state index in [9.17, 15) is 18.8 Å². The lowest BCUT2D eigenvalue weighted by molar-refractivity contribution is -0.151. The Bertz CT molecular complexity index is 933. The maximum Gasteiger partial charge on any atom is 0.336 e. The molecule has 0 saturated carbocycles.